The quantitative estimate of drug-likeness (QED) is 0.734. The second-order valence-electron chi connectivity index (χ2n) is 8.28. The van der Waals surface area contributed by atoms with Crippen LogP contribution in [0.3, 0.4) is 0 Å². The van der Waals surface area contributed by atoms with Gasteiger partial charge in [0.2, 0.25) is 0 Å². The summed E-state index contributed by atoms with van der Waals surface area (Å²) in [5, 5.41) is 10.8. The third kappa shape index (κ3) is 1.70. The van der Waals surface area contributed by atoms with Crippen molar-refractivity contribution in [2.75, 3.05) is 0 Å². The zero-order valence-electron chi connectivity index (χ0n) is 12.7. The van der Waals surface area contributed by atoms with E-state index >= 15 is 0 Å². The molecule has 1 N–H and O–H groups in total. The van der Waals surface area contributed by atoms with Crippen molar-refractivity contribution < 1.29 is 9.90 Å². The first-order valence-electron chi connectivity index (χ1n) is 8.82. The third-order valence-electron chi connectivity index (χ3n) is 7.60. The third-order valence-corrected chi connectivity index (χ3v) is 7.60. The van der Waals surface area contributed by atoms with E-state index in [1.54, 1.807) is 0 Å². The van der Waals surface area contributed by atoms with Crippen LogP contribution in [0.4, 0.5) is 0 Å². The van der Waals surface area contributed by atoms with Gasteiger partial charge in [-0.15, -0.1) is 0 Å². The standard InChI is InChI=1S/C18H28O2/c1-18-9-8-13-12-5-3-2-4-11(12)10-15(19)17(13)14(18)6-7-16(18)20/h11-15,17,19H,2-10H2,1H3/t11?,12-,13+,14-,15+,17+,18-/m0/s1. The molecule has 2 heteroatoms. The Bertz CT molecular complexity index is 418. The summed E-state index contributed by atoms with van der Waals surface area (Å²) in [5.74, 6) is 3.75. The van der Waals surface area contributed by atoms with Crippen molar-refractivity contribution in [2.45, 2.75) is 70.8 Å². The van der Waals surface area contributed by atoms with Gasteiger partial charge in [-0.3, -0.25) is 4.79 Å². The van der Waals surface area contributed by atoms with Crippen LogP contribution in [0.5, 0.6) is 0 Å². The molecule has 4 aliphatic rings. The van der Waals surface area contributed by atoms with Crippen LogP contribution in [0.2, 0.25) is 0 Å². The number of hydrogen-bond donors (Lipinski definition) is 1. The van der Waals surface area contributed by atoms with Crippen LogP contribution < -0.4 is 0 Å². The van der Waals surface area contributed by atoms with Gasteiger partial charge in [0, 0.05) is 11.8 Å². The highest BCUT2D eigenvalue weighted by Gasteiger charge is 2.58. The normalized spacial score (nSPS) is 55.0. The first-order valence-corrected chi connectivity index (χ1v) is 8.82. The smallest absolute Gasteiger partial charge is 0.139 e. The number of carbonyl (C=O) groups excluding carboxylic acids is 1. The lowest BCUT2D eigenvalue weighted by Gasteiger charge is -2.55. The maximum absolute atomic E-state index is 12.3. The Balaban J connectivity index is 1.65. The highest BCUT2D eigenvalue weighted by atomic mass is 16.3. The maximum Gasteiger partial charge on any atom is 0.139 e. The molecule has 0 radical (unpaired) electrons. The SMILES string of the molecule is C[C@]12CC[C@H]3[C@@H]([C@H](O)CC4CCCC[C@@H]43)[C@@H]1CCC2=O. The van der Waals surface area contributed by atoms with Crippen molar-refractivity contribution in [1.82, 2.24) is 0 Å². The number of fused-ring (bicyclic) bond motifs is 5. The molecule has 0 aromatic rings. The molecule has 0 spiro atoms. The molecule has 20 heavy (non-hydrogen) atoms. The van der Waals surface area contributed by atoms with Crippen LogP contribution in [-0.4, -0.2) is 17.0 Å². The van der Waals surface area contributed by atoms with E-state index in [9.17, 15) is 9.90 Å². The molecule has 0 aromatic heterocycles. The summed E-state index contributed by atoms with van der Waals surface area (Å²) in [4.78, 5) is 12.3. The van der Waals surface area contributed by atoms with Crippen molar-refractivity contribution >= 4 is 5.78 Å². The van der Waals surface area contributed by atoms with Crippen molar-refractivity contribution in [2.24, 2.45) is 35.0 Å². The number of ketones is 1. The van der Waals surface area contributed by atoms with Crippen molar-refractivity contribution in [3.05, 3.63) is 0 Å². The van der Waals surface area contributed by atoms with Crippen LogP contribution in [0, 0.1) is 35.0 Å². The van der Waals surface area contributed by atoms with E-state index in [0.717, 1.165) is 37.5 Å². The molecule has 2 nitrogen and oxygen atoms in total. The highest BCUT2D eigenvalue weighted by Crippen LogP contribution is 2.61. The fourth-order valence-electron chi connectivity index (χ4n) is 6.61. The van der Waals surface area contributed by atoms with Gasteiger partial charge in [-0.25, -0.2) is 0 Å². The fourth-order valence-corrected chi connectivity index (χ4v) is 6.61. The minimum atomic E-state index is -0.130. The Morgan fingerprint density at radius 3 is 2.75 bits per heavy atom. The lowest BCUT2D eigenvalue weighted by molar-refractivity contribution is -0.142. The van der Waals surface area contributed by atoms with Gasteiger partial charge < -0.3 is 5.11 Å². The zero-order valence-corrected chi connectivity index (χ0v) is 12.7. The van der Waals surface area contributed by atoms with Crippen LogP contribution in [-0.2, 0) is 4.79 Å². The summed E-state index contributed by atoms with van der Waals surface area (Å²) < 4.78 is 0. The Hall–Kier alpha value is -0.370. The molecule has 0 heterocycles. The molecular weight excluding hydrogens is 248 g/mol. The van der Waals surface area contributed by atoms with Crippen LogP contribution in [0.1, 0.15) is 64.7 Å². The number of hydrogen-bond acceptors (Lipinski definition) is 2. The first kappa shape index (κ1) is 13.3. The predicted octanol–water partition coefficient (Wildman–Crippen LogP) is 3.57. The summed E-state index contributed by atoms with van der Waals surface area (Å²) in [6.07, 6.45) is 10.5. The van der Waals surface area contributed by atoms with Crippen LogP contribution in [0.15, 0.2) is 0 Å². The van der Waals surface area contributed by atoms with E-state index in [2.05, 4.69) is 6.92 Å². The van der Waals surface area contributed by atoms with Gasteiger partial charge in [0.05, 0.1) is 6.10 Å². The van der Waals surface area contributed by atoms with Gasteiger partial charge >= 0.3 is 0 Å². The molecule has 0 aromatic carbocycles. The number of aliphatic hydroxyl groups is 1. The van der Waals surface area contributed by atoms with E-state index in [0.29, 0.717) is 23.5 Å². The number of Topliss-reactive ketones (excluding diaryl/α,β-unsaturated/α-hetero) is 1. The topological polar surface area (TPSA) is 37.3 Å². The fraction of sp³-hybridized carbons (Fsp3) is 0.944. The summed E-state index contributed by atoms with van der Waals surface area (Å²) in [5.41, 5.74) is -0.0936. The zero-order chi connectivity index (χ0) is 13.9. The minimum Gasteiger partial charge on any atom is -0.393 e. The Morgan fingerprint density at radius 1 is 1.10 bits per heavy atom. The van der Waals surface area contributed by atoms with Crippen molar-refractivity contribution in [1.29, 1.82) is 0 Å². The van der Waals surface area contributed by atoms with E-state index < -0.39 is 0 Å². The van der Waals surface area contributed by atoms with Gasteiger partial charge in [-0.05, 0) is 61.7 Å². The molecule has 0 amide bonds. The molecule has 0 aliphatic heterocycles. The van der Waals surface area contributed by atoms with Gasteiger partial charge in [0.1, 0.15) is 5.78 Å². The molecule has 4 aliphatic carbocycles. The molecule has 1 unspecified atom stereocenters. The summed E-state index contributed by atoms with van der Waals surface area (Å²) in [6, 6.07) is 0. The van der Waals surface area contributed by atoms with Gasteiger partial charge in [0.15, 0.2) is 0 Å². The number of aliphatic hydroxyl groups excluding tert-OH is 1. The van der Waals surface area contributed by atoms with Crippen LogP contribution >= 0.6 is 0 Å². The van der Waals surface area contributed by atoms with Crippen molar-refractivity contribution in [3.63, 3.8) is 0 Å². The Kier molecular flexibility index (Phi) is 3.03. The predicted molar refractivity (Wildman–Crippen MR) is 78.1 cm³/mol. The van der Waals surface area contributed by atoms with E-state index in [1.807, 2.05) is 0 Å². The summed E-state index contributed by atoms with van der Waals surface area (Å²) >= 11 is 0. The molecule has 0 saturated heterocycles. The Morgan fingerprint density at radius 2 is 1.90 bits per heavy atom. The monoisotopic (exact) mass is 276 g/mol. The maximum atomic E-state index is 12.3. The molecular formula is C18H28O2. The lowest BCUT2D eigenvalue weighted by atomic mass is 9.50. The average Bonchev–Trinajstić information content (AvgIpc) is 2.75. The van der Waals surface area contributed by atoms with Gasteiger partial charge in [0.25, 0.3) is 0 Å². The minimum absolute atomic E-state index is 0.0936. The van der Waals surface area contributed by atoms with Crippen LogP contribution in [0.25, 0.3) is 0 Å². The second-order valence-corrected chi connectivity index (χ2v) is 8.28. The van der Waals surface area contributed by atoms with E-state index in [4.69, 9.17) is 0 Å². The van der Waals surface area contributed by atoms with E-state index in [1.165, 1.54) is 32.1 Å². The average molecular weight is 276 g/mol. The number of carbonyl (C=O) groups is 1. The molecule has 4 rings (SSSR count). The van der Waals surface area contributed by atoms with Gasteiger partial charge in [-0.2, -0.15) is 0 Å². The Labute approximate surface area is 122 Å². The second kappa shape index (κ2) is 4.56. The lowest BCUT2D eigenvalue weighted by Crippen LogP contribution is -2.53. The van der Waals surface area contributed by atoms with Crippen molar-refractivity contribution in [3.8, 4) is 0 Å². The molecule has 4 fully saturated rings. The highest BCUT2D eigenvalue weighted by molar-refractivity contribution is 5.87. The first-order chi connectivity index (χ1) is 9.61. The van der Waals surface area contributed by atoms with Gasteiger partial charge in [-0.1, -0.05) is 26.2 Å². The number of rotatable bonds is 0. The summed E-state index contributed by atoms with van der Waals surface area (Å²) in [6.45, 7) is 2.20. The molecule has 0 bridgehead atoms. The molecule has 4 saturated carbocycles. The molecule has 112 valence electrons. The molecule has 7 atom stereocenters. The summed E-state index contributed by atoms with van der Waals surface area (Å²) in [7, 11) is 0. The van der Waals surface area contributed by atoms with E-state index in [-0.39, 0.29) is 11.5 Å². The largest absolute Gasteiger partial charge is 0.393 e.